The highest BCUT2D eigenvalue weighted by atomic mass is 35.5. The maximum Gasteiger partial charge on any atom is 0.206 e. The molecule has 0 radical (unpaired) electrons. The van der Waals surface area contributed by atoms with Crippen LogP contribution in [0.25, 0.3) is 16.7 Å². The Kier molecular flexibility index (Phi) is 2.98. The van der Waals surface area contributed by atoms with Crippen LogP contribution >= 0.6 is 11.6 Å². The lowest BCUT2D eigenvalue weighted by atomic mass is 10.2. The number of nitrogen functional groups attached to an aromatic ring is 1. The van der Waals surface area contributed by atoms with E-state index in [4.69, 9.17) is 27.9 Å². The van der Waals surface area contributed by atoms with Crippen LogP contribution in [0.15, 0.2) is 36.4 Å². The van der Waals surface area contributed by atoms with Gasteiger partial charge in [0.2, 0.25) is 5.95 Å². The van der Waals surface area contributed by atoms with Crippen molar-refractivity contribution in [2.75, 3.05) is 5.73 Å². The molecule has 0 atom stereocenters. The van der Waals surface area contributed by atoms with Crippen molar-refractivity contribution in [3.05, 3.63) is 52.5 Å². The summed E-state index contributed by atoms with van der Waals surface area (Å²) in [6, 6.07) is 14.3. The first-order chi connectivity index (χ1) is 10.2. The second-order valence-corrected chi connectivity index (χ2v) is 4.78. The van der Waals surface area contributed by atoms with Crippen molar-refractivity contribution in [2.24, 2.45) is 0 Å². The summed E-state index contributed by atoms with van der Waals surface area (Å²) in [6.07, 6.45) is 0. The smallest absolute Gasteiger partial charge is 0.206 e. The SMILES string of the molecule is N#Cc1ccc(-n2c(N)nc3c(C#N)cccc32)c(Cl)c1. The first-order valence-electron chi connectivity index (χ1n) is 6.02. The molecule has 0 amide bonds. The number of rotatable bonds is 1. The van der Waals surface area contributed by atoms with E-state index in [1.807, 2.05) is 12.1 Å². The molecule has 0 aliphatic rings. The lowest BCUT2D eigenvalue weighted by molar-refractivity contribution is 1.11. The van der Waals surface area contributed by atoms with Crippen LogP contribution in [0.4, 0.5) is 5.95 Å². The van der Waals surface area contributed by atoms with Crippen LogP contribution in [0.1, 0.15) is 11.1 Å². The van der Waals surface area contributed by atoms with E-state index in [2.05, 4.69) is 11.1 Å². The molecule has 0 bridgehead atoms. The van der Waals surface area contributed by atoms with Crippen molar-refractivity contribution >= 4 is 28.6 Å². The number of para-hydroxylation sites is 1. The fourth-order valence-corrected chi connectivity index (χ4v) is 2.48. The minimum absolute atomic E-state index is 0.235. The van der Waals surface area contributed by atoms with Gasteiger partial charge in [-0.3, -0.25) is 4.57 Å². The normalized spacial score (nSPS) is 10.2. The van der Waals surface area contributed by atoms with Gasteiger partial charge in [-0.2, -0.15) is 10.5 Å². The van der Waals surface area contributed by atoms with Gasteiger partial charge in [0.05, 0.1) is 33.4 Å². The molecule has 0 aliphatic heterocycles. The molecule has 5 nitrogen and oxygen atoms in total. The van der Waals surface area contributed by atoms with E-state index < -0.39 is 0 Å². The standard InChI is InChI=1S/C15H8ClN5/c16-11-6-9(7-17)4-5-12(11)21-13-3-1-2-10(8-18)14(13)20-15(21)19/h1-6H,(H2,19,20). The molecule has 1 aromatic heterocycles. The third-order valence-electron chi connectivity index (χ3n) is 3.15. The van der Waals surface area contributed by atoms with Gasteiger partial charge in [-0.15, -0.1) is 0 Å². The average molecular weight is 294 g/mol. The maximum atomic E-state index is 9.13. The monoisotopic (exact) mass is 293 g/mol. The van der Waals surface area contributed by atoms with E-state index in [0.29, 0.717) is 32.9 Å². The number of nitrogens with two attached hydrogens (primary N) is 1. The predicted molar refractivity (Wildman–Crippen MR) is 79.9 cm³/mol. The van der Waals surface area contributed by atoms with Crippen molar-refractivity contribution in [3.63, 3.8) is 0 Å². The van der Waals surface area contributed by atoms with Crippen molar-refractivity contribution in [1.29, 1.82) is 10.5 Å². The van der Waals surface area contributed by atoms with E-state index in [-0.39, 0.29) is 5.95 Å². The van der Waals surface area contributed by atoms with Gasteiger partial charge in [-0.05, 0) is 30.3 Å². The summed E-state index contributed by atoms with van der Waals surface area (Å²) in [5.74, 6) is 0.235. The molecule has 2 N–H and O–H groups in total. The number of imidazole rings is 1. The molecular weight excluding hydrogens is 286 g/mol. The van der Waals surface area contributed by atoms with Crippen LogP contribution in [0.5, 0.6) is 0 Å². The average Bonchev–Trinajstić information content (AvgIpc) is 2.83. The molecule has 0 saturated heterocycles. The number of nitriles is 2. The van der Waals surface area contributed by atoms with Crippen LogP contribution in [0.3, 0.4) is 0 Å². The first-order valence-corrected chi connectivity index (χ1v) is 6.40. The van der Waals surface area contributed by atoms with Gasteiger partial charge in [0, 0.05) is 0 Å². The molecule has 0 spiro atoms. The highest BCUT2D eigenvalue weighted by Gasteiger charge is 2.15. The third kappa shape index (κ3) is 1.97. The zero-order valence-electron chi connectivity index (χ0n) is 10.7. The quantitative estimate of drug-likeness (QED) is 0.746. The summed E-state index contributed by atoms with van der Waals surface area (Å²) in [5.41, 5.74) is 8.71. The summed E-state index contributed by atoms with van der Waals surface area (Å²) < 4.78 is 1.67. The molecule has 0 saturated carbocycles. The van der Waals surface area contributed by atoms with E-state index in [1.54, 1.807) is 34.9 Å². The molecule has 0 fully saturated rings. The molecular formula is C15H8ClN5. The van der Waals surface area contributed by atoms with Crippen LogP contribution in [0, 0.1) is 22.7 Å². The van der Waals surface area contributed by atoms with Gasteiger partial charge in [-0.25, -0.2) is 4.98 Å². The van der Waals surface area contributed by atoms with Crippen molar-refractivity contribution in [1.82, 2.24) is 9.55 Å². The van der Waals surface area contributed by atoms with Gasteiger partial charge >= 0.3 is 0 Å². The van der Waals surface area contributed by atoms with E-state index in [9.17, 15) is 0 Å². The Labute approximate surface area is 125 Å². The van der Waals surface area contributed by atoms with Crippen LogP contribution in [-0.2, 0) is 0 Å². The minimum Gasteiger partial charge on any atom is -0.369 e. The summed E-state index contributed by atoms with van der Waals surface area (Å²) in [4.78, 5) is 4.24. The Balaban J connectivity index is 2.34. The fraction of sp³-hybridized carbons (Fsp3) is 0. The summed E-state index contributed by atoms with van der Waals surface area (Å²) in [6.45, 7) is 0. The Bertz CT molecular complexity index is 943. The number of hydrogen-bond donors (Lipinski definition) is 1. The second-order valence-electron chi connectivity index (χ2n) is 4.37. The number of aromatic nitrogens is 2. The van der Waals surface area contributed by atoms with E-state index in [0.717, 1.165) is 0 Å². The lowest BCUT2D eigenvalue weighted by Crippen LogP contribution is -2.01. The zero-order chi connectivity index (χ0) is 15.0. The number of nitrogens with zero attached hydrogens (tertiary/aromatic N) is 4. The van der Waals surface area contributed by atoms with Gasteiger partial charge in [0.1, 0.15) is 11.6 Å². The molecule has 1 heterocycles. The molecule has 0 unspecified atom stereocenters. The number of anilines is 1. The predicted octanol–water partition coefficient (Wildman–Crippen LogP) is 3.00. The molecule has 6 heteroatoms. The highest BCUT2D eigenvalue weighted by Crippen LogP contribution is 2.29. The number of hydrogen-bond acceptors (Lipinski definition) is 4. The Morgan fingerprint density at radius 2 is 1.95 bits per heavy atom. The number of benzene rings is 2. The molecule has 21 heavy (non-hydrogen) atoms. The molecule has 3 rings (SSSR count). The van der Waals surface area contributed by atoms with Gasteiger partial charge < -0.3 is 5.73 Å². The largest absolute Gasteiger partial charge is 0.369 e. The van der Waals surface area contributed by atoms with Crippen LogP contribution < -0.4 is 5.73 Å². The summed E-state index contributed by atoms with van der Waals surface area (Å²) in [5, 5.41) is 18.4. The van der Waals surface area contributed by atoms with Crippen LogP contribution in [0.2, 0.25) is 5.02 Å². The van der Waals surface area contributed by atoms with Gasteiger partial charge in [-0.1, -0.05) is 17.7 Å². The molecule has 0 aliphatic carbocycles. The first kappa shape index (κ1) is 13.0. The topological polar surface area (TPSA) is 91.4 Å². The second kappa shape index (κ2) is 4.82. The Hall–Kier alpha value is -3.02. The number of fused-ring (bicyclic) bond motifs is 1. The van der Waals surface area contributed by atoms with Crippen molar-refractivity contribution in [3.8, 4) is 17.8 Å². The summed E-state index contributed by atoms with van der Waals surface area (Å²) in [7, 11) is 0. The third-order valence-corrected chi connectivity index (χ3v) is 3.45. The van der Waals surface area contributed by atoms with Gasteiger partial charge in [0.15, 0.2) is 0 Å². The van der Waals surface area contributed by atoms with Crippen molar-refractivity contribution in [2.45, 2.75) is 0 Å². The zero-order valence-corrected chi connectivity index (χ0v) is 11.5. The molecule has 3 aromatic rings. The molecule has 2 aromatic carbocycles. The Morgan fingerprint density at radius 1 is 1.14 bits per heavy atom. The van der Waals surface area contributed by atoms with Crippen molar-refractivity contribution < 1.29 is 0 Å². The number of halogens is 1. The van der Waals surface area contributed by atoms with E-state index >= 15 is 0 Å². The van der Waals surface area contributed by atoms with E-state index in [1.165, 1.54) is 0 Å². The lowest BCUT2D eigenvalue weighted by Gasteiger charge is -2.09. The minimum atomic E-state index is 0.235. The van der Waals surface area contributed by atoms with Crippen LogP contribution in [-0.4, -0.2) is 9.55 Å². The highest BCUT2D eigenvalue weighted by molar-refractivity contribution is 6.32. The maximum absolute atomic E-state index is 9.13. The van der Waals surface area contributed by atoms with Gasteiger partial charge in [0.25, 0.3) is 0 Å². The fourth-order valence-electron chi connectivity index (χ4n) is 2.22. The Morgan fingerprint density at radius 3 is 2.62 bits per heavy atom. The summed E-state index contributed by atoms with van der Waals surface area (Å²) >= 11 is 6.23. The molecule has 100 valence electrons.